The Balaban J connectivity index is 2.13. The number of amides is 1. The van der Waals surface area contributed by atoms with Crippen LogP contribution in [0.25, 0.3) is 0 Å². The van der Waals surface area contributed by atoms with Crippen LogP contribution in [-0.2, 0) is 15.9 Å². The average Bonchev–Trinajstić information content (AvgIpc) is 2.55. The highest BCUT2D eigenvalue weighted by molar-refractivity contribution is 6.05. The summed E-state index contributed by atoms with van der Waals surface area (Å²) in [5.74, 6) is -0.0312. The predicted octanol–water partition coefficient (Wildman–Crippen LogP) is 3.08. The minimum absolute atomic E-state index is 0.0312. The van der Waals surface area contributed by atoms with E-state index in [0.29, 0.717) is 25.1 Å². The van der Waals surface area contributed by atoms with Crippen LogP contribution < -0.4 is 5.32 Å². The maximum Gasteiger partial charge on any atom is 0.407 e. The number of hydrogen-bond donors (Lipinski definition) is 1. The van der Waals surface area contributed by atoms with Crippen molar-refractivity contribution >= 4 is 11.9 Å². The summed E-state index contributed by atoms with van der Waals surface area (Å²) in [6, 6.07) is 5.64. The van der Waals surface area contributed by atoms with Crippen molar-refractivity contribution in [3.8, 4) is 0 Å². The number of rotatable bonds is 5. The minimum Gasteiger partial charge on any atom is -0.444 e. The lowest BCUT2D eigenvalue weighted by Gasteiger charge is -2.28. The zero-order valence-corrected chi connectivity index (χ0v) is 16.2. The third-order valence-corrected chi connectivity index (χ3v) is 3.85. The summed E-state index contributed by atoms with van der Waals surface area (Å²) in [4.78, 5) is 26.2. The Bertz CT molecular complexity index is 690. The molecule has 0 spiro atoms. The van der Waals surface area contributed by atoms with Crippen molar-refractivity contribution in [3.63, 3.8) is 0 Å². The minimum atomic E-state index is -0.548. The number of nitrogens with zero attached hydrogens (tertiary/aromatic N) is 1. The quantitative estimate of drug-likeness (QED) is 0.646. The van der Waals surface area contributed by atoms with Crippen LogP contribution in [-0.4, -0.2) is 49.6 Å². The van der Waals surface area contributed by atoms with Gasteiger partial charge in [0.05, 0.1) is 13.2 Å². The number of alkyl carbamates (subject to hydrolysis) is 1. The topological polar surface area (TPSA) is 67.9 Å². The molecule has 1 aromatic carbocycles. The van der Waals surface area contributed by atoms with Gasteiger partial charge in [0.2, 0.25) is 0 Å². The Hall–Kier alpha value is -2.34. The lowest BCUT2D eigenvalue weighted by Crippen LogP contribution is -2.36. The van der Waals surface area contributed by atoms with Gasteiger partial charge in [-0.05, 0) is 38.3 Å². The molecule has 0 saturated carbocycles. The number of ether oxygens (including phenoxy) is 2. The second-order valence-electron chi connectivity index (χ2n) is 7.51. The molecule has 1 amide bonds. The van der Waals surface area contributed by atoms with Crippen molar-refractivity contribution in [1.29, 1.82) is 0 Å². The molecule has 2 rings (SSSR count). The second kappa shape index (κ2) is 8.36. The van der Waals surface area contributed by atoms with E-state index in [-0.39, 0.29) is 11.9 Å². The fourth-order valence-electron chi connectivity index (χ4n) is 2.77. The summed E-state index contributed by atoms with van der Waals surface area (Å²) < 4.78 is 11.1. The first kappa shape index (κ1) is 20.0. The summed E-state index contributed by atoms with van der Waals surface area (Å²) >= 11 is 0. The summed E-state index contributed by atoms with van der Waals surface area (Å²) in [5, 5.41) is 2.75. The summed E-state index contributed by atoms with van der Waals surface area (Å²) in [7, 11) is 3.74. The van der Waals surface area contributed by atoms with Gasteiger partial charge >= 0.3 is 6.09 Å². The largest absolute Gasteiger partial charge is 0.444 e. The highest BCUT2D eigenvalue weighted by Crippen LogP contribution is 2.29. The molecule has 0 aromatic heterocycles. The second-order valence-corrected chi connectivity index (χ2v) is 7.51. The van der Waals surface area contributed by atoms with Crippen molar-refractivity contribution in [2.24, 2.45) is 0 Å². The SMILES string of the molecule is CN(C)/C=C/C(=O)c1cccc2c1CCOC2CNC(=O)OC(C)(C)C. The van der Waals surface area contributed by atoms with Crippen molar-refractivity contribution < 1.29 is 19.1 Å². The molecule has 1 aliphatic rings. The number of fused-ring (bicyclic) bond motifs is 1. The first-order valence-electron chi connectivity index (χ1n) is 8.76. The van der Waals surface area contributed by atoms with Crippen LogP contribution in [0.15, 0.2) is 30.5 Å². The number of allylic oxidation sites excluding steroid dienone is 1. The highest BCUT2D eigenvalue weighted by atomic mass is 16.6. The molecular formula is C20H28N2O4. The van der Waals surface area contributed by atoms with Crippen molar-refractivity contribution in [1.82, 2.24) is 10.2 Å². The maximum atomic E-state index is 12.5. The van der Waals surface area contributed by atoms with Crippen LogP contribution in [0.4, 0.5) is 4.79 Å². The fraction of sp³-hybridized carbons (Fsp3) is 0.500. The van der Waals surface area contributed by atoms with E-state index in [9.17, 15) is 9.59 Å². The average molecular weight is 360 g/mol. The van der Waals surface area contributed by atoms with E-state index in [1.807, 2.05) is 58.0 Å². The molecule has 0 saturated heterocycles. The standard InChI is InChI=1S/C20H28N2O4/c1-20(2,3)26-19(24)21-13-18-16-8-6-7-15(14(16)10-12-25-18)17(23)9-11-22(4)5/h6-9,11,18H,10,12-13H2,1-5H3,(H,21,24)/b11-9+. The number of benzene rings is 1. The molecule has 1 aliphatic heterocycles. The monoisotopic (exact) mass is 360 g/mol. The molecule has 1 aromatic rings. The Morgan fingerprint density at radius 2 is 2.08 bits per heavy atom. The molecule has 142 valence electrons. The molecule has 1 heterocycles. The molecule has 0 bridgehead atoms. The van der Waals surface area contributed by atoms with Gasteiger partial charge in [0.25, 0.3) is 0 Å². The van der Waals surface area contributed by atoms with Gasteiger partial charge in [0, 0.05) is 31.9 Å². The van der Waals surface area contributed by atoms with E-state index < -0.39 is 11.7 Å². The van der Waals surface area contributed by atoms with E-state index in [0.717, 1.165) is 11.1 Å². The smallest absolute Gasteiger partial charge is 0.407 e. The van der Waals surface area contributed by atoms with E-state index >= 15 is 0 Å². The van der Waals surface area contributed by atoms with Gasteiger partial charge in [-0.3, -0.25) is 4.79 Å². The van der Waals surface area contributed by atoms with E-state index in [2.05, 4.69) is 5.32 Å². The van der Waals surface area contributed by atoms with Gasteiger partial charge in [-0.2, -0.15) is 0 Å². The van der Waals surface area contributed by atoms with Crippen LogP contribution >= 0.6 is 0 Å². The van der Waals surface area contributed by atoms with Crippen molar-refractivity contribution in [2.75, 3.05) is 27.2 Å². The lowest BCUT2D eigenvalue weighted by molar-refractivity contribution is 0.0287. The predicted molar refractivity (Wildman–Crippen MR) is 100 cm³/mol. The third-order valence-electron chi connectivity index (χ3n) is 3.85. The molecule has 0 fully saturated rings. The third kappa shape index (κ3) is 5.59. The van der Waals surface area contributed by atoms with Crippen molar-refractivity contribution in [2.45, 2.75) is 38.9 Å². The maximum absolute atomic E-state index is 12.5. The van der Waals surface area contributed by atoms with Gasteiger partial charge in [-0.25, -0.2) is 4.79 Å². The number of carbonyl (C=O) groups excluding carboxylic acids is 2. The molecule has 1 N–H and O–H groups in total. The Morgan fingerprint density at radius 1 is 1.35 bits per heavy atom. The van der Waals surface area contributed by atoms with Gasteiger partial charge in [-0.1, -0.05) is 18.2 Å². The lowest BCUT2D eigenvalue weighted by atomic mass is 9.91. The summed E-state index contributed by atoms with van der Waals surface area (Å²) in [6.07, 6.45) is 3.21. The van der Waals surface area contributed by atoms with E-state index in [1.54, 1.807) is 12.3 Å². The van der Waals surface area contributed by atoms with Gasteiger partial charge in [0.15, 0.2) is 5.78 Å². The molecule has 0 aliphatic carbocycles. The normalized spacial score (nSPS) is 16.9. The number of carbonyl (C=O) groups is 2. The Morgan fingerprint density at radius 3 is 2.73 bits per heavy atom. The molecule has 6 heteroatoms. The molecular weight excluding hydrogens is 332 g/mol. The molecule has 1 atom stereocenters. The van der Waals surface area contributed by atoms with Crippen LogP contribution in [0.2, 0.25) is 0 Å². The van der Waals surface area contributed by atoms with Crippen LogP contribution in [0.3, 0.4) is 0 Å². The number of ketones is 1. The number of nitrogens with one attached hydrogen (secondary N) is 1. The number of hydrogen-bond acceptors (Lipinski definition) is 5. The molecule has 0 radical (unpaired) electrons. The van der Waals surface area contributed by atoms with Crippen LogP contribution in [0.1, 0.15) is 48.4 Å². The summed E-state index contributed by atoms with van der Waals surface area (Å²) in [6.45, 7) is 6.26. The van der Waals surface area contributed by atoms with E-state index in [1.165, 1.54) is 0 Å². The molecule has 1 unspecified atom stereocenters. The summed E-state index contributed by atoms with van der Waals surface area (Å²) in [5.41, 5.74) is 2.07. The van der Waals surface area contributed by atoms with E-state index in [4.69, 9.17) is 9.47 Å². The highest BCUT2D eigenvalue weighted by Gasteiger charge is 2.25. The first-order valence-corrected chi connectivity index (χ1v) is 8.76. The van der Waals surface area contributed by atoms with Crippen molar-refractivity contribution in [3.05, 3.63) is 47.2 Å². The first-order chi connectivity index (χ1) is 12.2. The zero-order valence-electron chi connectivity index (χ0n) is 16.2. The Kier molecular flexibility index (Phi) is 6.42. The van der Waals surface area contributed by atoms with Gasteiger partial charge < -0.3 is 19.7 Å². The van der Waals surface area contributed by atoms with Gasteiger partial charge in [-0.15, -0.1) is 0 Å². The zero-order chi connectivity index (χ0) is 19.3. The van der Waals surface area contributed by atoms with Crippen LogP contribution in [0.5, 0.6) is 0 Å². The fourth-order valence-corrected chi connectivity index (χ4v) is 2.77. The molecule has 6 nitrogen and oxygen atoms in total. The Labute approximate surface area is 155 Å². The van der Waals surface area contributed by atoms with Gasteiger partial charge in [0.1, 0.15) is 11.7 Å². The molecule has 26 heavy (non-hydrogen) atoms. The van der Waals surface area contributed by atoms with Crippen LogP contribution in [0, 0.1) is 0 Å².